The van der Waals surface area contributed by atoms with Crippen LogP contribution in [0.2, 0.25) is 0 Å². The summed E-state index contributed by atoms with van der Waals surface area (Å²) in [6.45, 7) is 1.89. The lowest BCUT2D eigenvalue weighted by molar-refractivity contribution is -0.135. The van der Waals surface area contributed by atoms with Gasteiger partial charge in [-0.3, -0.25) is 5.41 Å². The molecule has 0 amide bonds. The molecular weight excluding hydrogens is 225 g/mol. The molecule has 90 valence electrons. The summed E-state index contributed by atoms with van der Waals surface area (Å²) in [5.74, 6) is -0.712. The molecule has 6 heteroatoms. The molecule has 0 aliphatic rings. The molecule has 1 rings (SSSR count). The van der Waals surface area contributed by atoms with Crippen molar-refractivity contribution in [3.63, 3.8) is 0 Å². The number of nitrogens with zero attached hydrogens (tertiary/aromatic N) is 1. The zero-order chi connectivity index (χ0) is 12.7. The maximum atomic E-state index is 12.5. The van der Waals surface area contributed by atoms with Gasteiger partial charge in [0.2, 0.25) is 0 Å². The van der Waals surface area contributed by atoms with Crippen molar-refractivity contribution in [1.82, 2.24) is 4.98 Å². The Bertz CT molecular complexity index is 429. The minimum Gasteiger partial charge on any atom is -0.461 e. The smallest absolute Gasteiger partial charge is 0.356 e. The maximum Gasteiger partial charge on any atom is 0.356 e. The summed E-state index contributed by atoms with van der Waals surface area (Å²) in [5.41, 5.74) is -0.276. The van der Waals surface area contributed by atoms with Gasteiger partial charge < -0.3 is 10.1 Å². The van der Waals surface area contributed by atoms with Crippen molar-refractivity contribution >= 4 is 17.5 Å². The third-order valence-corrected chi connectivity index (χ3v) is 1.70. The lowest BCUT2D eigenvalue weighted by Crippen LogP contribution is -2.14. The Morgan fingerprint density at radius 3 is 3.00 bits per heavy atom. The monoisotopic (exact) mass is 237 g/mol. The second kappa shape index (κ2) is 6.37. The van der Waals surface area contributed by atoms with Crippen LogP contribution >= 0.6 is 0 Å². The highest BCUT2D eigenvalue weighted by Gasteiger charge is 2.05. The molecule has 0 bridgehead atoms. The van der Waals surface area contributed by atoms with Crippen LogP contribution in [0.1, 0.15) is 6.92 Å². The molecule has 2 N–H and O–H groups in total. The Morgan fingerprint density at radius 2 is 2.41 bits per heavy atom. The van der Waals surface area contributed by atoms with Crippen LogP contribution in [0.4, 0.5) is 10.2 Å². The van der Waals surface area contributed by atoms with E-state index in [0.717, 1.165) is 6.20 Å². The standard InChI is InChI=1S/C11H12FN3O2/c1-2-17-11(16)9(13)5-6-14-10-4-3-8(12)7-15-10/h3-7,13H,2H2,1H3,(H,14,15)/b6-5-,13-9?. The van der Waals surface area contributed by atoms with Gasteiger partial charge in [0.05, 0.1) is 12.8 Å². The molecule has 0 saturated carbocycles. The SMILES string of the molecule is CCOC(=O)C(=N)/C=C\Nc1ccc(F)cn1. The van der Waals surface area contributed by atoms with Gasteiger partial charge in [-0.25, -0.2) is 14.2 Å². The van der Waals surface area contributed by atoms with Gasteiger partial charge in [-0.05, 0) is 25.1 Å². The van der Waals surface area contributed by atoms with Crippen LogP contribution < -0.4 is 5.32 Å². The number of pyridine rings is 1. The fourth-order valence-corrected chi connectivity index (χ4v) is 0.948. The van der Waals surface area contributed by atoms with E-state index >= 15 is 0 Å². The Morgan fingerprint density at radius 1 is 1.65 bits per heavy atom. The lowest BCUT2D eigenvalue weighted by Gasteiger charge is -2.00. The van der Waals surface area contributed by atoms with Crippen molar-refractivity contribution < 1.29 is 13.9 Å². The first-order valence-corrected chi connectivity index (χ1v) is 4.93. The van der Waals surface area contributed by atoms with Gasteiger partial charge in [-0.1, -0.05) is 0 Å². The molecule has 0 fully saturated rings. The van der Waals surface area contributed by atoms with Crippen LogP contribution in [0.5, 0.6) is 0 Å². The van der Waals surface area contributed by atoms with E-state index in [1.54, 1.807) is 6.92 Å². The molecule has 0 spiro atoms. The Kier molecular flexibility index (Phi) is 4.80. The van der Waals surface area contributed by atoms with Gasteiger partial charge in [0.15, 0.2) is 0 Å². The fourth-order valence-electron chi connectivity index (χ4n) is 0.948. The fraction of sp³-hybridized carbons (Fsp3) is 0.182. The Balaban J connectivity index is 2.47. The second-order valence-corrected chi connectivity index (χ2v) is 2.97. The van der Waals surface area contributed by atoms with Crippen molar-refractivity contribution in [2.24, 2.45) is 0 Å². The number of anilines is 1. The van der Waals surface area contributed by atoms with Crippen LogP contribution in [0, 0.1) is 11.2 Å². The predicted octanol–water partition coefficient (Wildman–Crippen LogP) is 1.73. The van der Waals surface area contributed by atoms with E-state index in [0.29, 0.717) is 5.82 Å². The minimum atomic E-state index is -0.697. The molecule has 0 aromatic carbocycles. The molecule has 1 aromatic rings. The number of hydrogen-bond donors (Lipinski definition) is 2. The molecular formula is C11H12FN3O2. The normalized spacial score (nSPS) is 10.2. The average molecular weight is 237 g/mol. The largest absolute Gasteiger partial charge is 0.461 e. The van der Waals surface area contributed by atoms with Crippen LogP contribution in [-0.2, 0) is 9.53 Å². The summed E-state index contributed by atoms with van der Waals surface area (Å²) in [6.07, 6.45) is 3.66. The molecule has 1 heterocycles. The zero-order valence-corrected chi connectivity index (χ0v) is 9.24. The predicted molar refractivity (Wildman–Crippen MR) is 61.3 cm³/mol. The van der Waals surface area contributed by atoms with Crippen molar-refractivity contribution in [1.29, 1.82) is 5.41 Å². The Labute approximate surface area is 97.8 Å². The number of carbonyl (C=O) groups is 1. The quantitative estimate of drug-likeness (QED) is 0.604. The molecule has 5 nitrogen and oxygen atoms in total. The summed E-state index contributed by atoms with van der Waals surface area (Å²) in [7, 11) is 0. The van der Waals surface area contributed by atoms with Gasteiger partial charge >= 0.3 is 5.97 Å². The first-order valence-electron chi connectivity index (χ1n) is 4.93. The first kappa shape index (κ1) is 12.8. The van der Waals surface area contributed by atoms with E-state index in [2.05, 4.69) is 15.0 Å². The summed E-state index contributed by atoms with van der Waals surface area (Å²) >= 11 is 0. The van der Waals surface area contributed by atoms with E-state index in [-0.39, 0.29) is 12.3 Å². The average Bonchev–Trinajstić information content (AvgIpc) is 2.32. The van der Waals surface area contributed by atoms with Crippen molar-refractivity contribution in [3.05, 3.63) is 36.4 Å². The number of carbonyl (C=O) groups excluding carboxylic acids is 1. The molecule has 0 aliphatic heterocycles. The summed E-state index contributed by atoms with van der Waals surface area (Å²) < 4.78 is 17.1. The van der Waals surface area contributed by atoms with Gasteiger partial charge in [-0.2, -0.15) is 0 Å². The highest BCUT2D eigenvalue weighted by Crippen LogP contribution is 2.02. The van der Waals surface area contributed by atoms with Crippen molar-refractivity contribution in [2.45, 2.75) is 6.92 Å². The molecule has 0 saturated heterocycles. The lowest BCUT2D eigenvalue weighted by atomic mass is 10.3. The number of aromatic nitrogens is 1. The number of hydrogen-bond acceptors (Lipinski definition) is 5. The topological polar surface area (TPSA) is 75.1 Å². The van der Waals surface area contributed by atoms with E-state index in [4.69, 9.17) is 5.41 Å². The van der Waals surface area contributed by atoms with Crippen molar-refractivity contribution in [3.8, 4) is 0 Å². The van der Waals surface area contributed by atoms with E-state index < -0.39 is 11.8 Å². The second-order valence-electron chi connectivity index (χ2n) is 2.97. The number of nitrogens with one attached hydrogen (secondary N) is 2. The third-order valence-electron chi connectivity index (χ3n) is 1.70. The number of ether oxygens (including phenoxy) is 1. The highest BCUT2D eigenvalue weighted by atomic mass is 19.1. The number of halogens is 1. The summed E-state index contributed by atoms with van der Waals surface area (Å²) in [4.78, 5) is 14.8. The third kappa shape index (κ3) is 4.42. The van der Waals surface area contributed by atoms with Gasteiger partial charge in [0.1, 0.15) is 17.3 Å². The molecule has 0 atom stereocenters. The molecule has 0 aliphatic carbocycles. The number of esters is 1. The van der Waals surface area contributed by atoms with E-state index in [1.165, 1.54) is 24.4 Å². The van der Waals surface area contributed by atoms with Crippen LogP contribution in [0.25, 0.3) is 0 Å². The number of rotatable bonds is 5. The molecule has 1 aromatic heterocycles. The van der Waals surface area contributed by atoms with Gasteiger partial charge in [-0.15, -0.1) is 0 Å². The van der Waals surface area contributed by atoms with Gasteiger partial charge in [0.25, 0.3) is 0 Å². The highest BCUT2D eigenvalue weighted by molar-refractivity contribution is 6.39. The van der Waals surface area contributed by atoms with Crippen LogP contribution in [0.3, 0.4) is 0 Å². The summed E-state index contributed by atoms with van der Waals surface area (Å²) in [5, 5.41) is 10.0. The molecule has 0 radical (unpaired) electrons. The summed E-state index contributed by atoms with van der Waals surface area (Å²) in [6, 6.07) is 2.69. The van der Waals surface area contributed by atoms with E-state index in [1.807, 2.05) is 0 Å². The zero-order valence-electron chi connectivity index (χ0n) is 9.24. The first-order chi connectivity index (χ1) is 8.13. The minimum absolute atomic E-state index is 0.224. The van der Waals surface area contributed by atoms with Gasteiger partial charge in [0, 0.05) is 6.20 Å². The maximum absolute atomic E-state index is 12.5. The molecule has 17 heavy (non-hydrogen) atoms. The molecule has 0 unspecified atom stereocenters. The van der Waals surface area contributed by atoms with Crippen molar-refractivity contribution in [2.75, 3.05) is 11.9 Å². The Hall–Kier alpha value is -2.24. The van der Waals surface area contributed by atoms with Crippen LogP contribution in [0.15, 0.2) is 30.6 Å². The van der Waals surface area contributed by atoms with E-state index in [9.17, 15) is 9.18 Å². The van der Waals surface area contributed by atoms with Crippen LogP contribution in [-0.4, -0.2) is 23.3 Å².